The predicted molar refractivity (Wildman–Crippen MR) is 89.6 cm³/mol. The Labute approximate surface area is 139 Å². The van der Waals surface area contributed by atoms with E-state index in [-0.39, 0.29) is 28.5 Å². The van der Waals surface area contributed by atoms with Crippen molar-refractivity contribution in [1.82, 2.24) is 10.3 Å². The van der Waals surface area contributed by atoms with Gasteiger partial charge in [0.25, 0.3) is 5.91 Å². The largest absolute Gasteiger partial charge is 0.378 e. The molecule has 1 amide bonds. The van der Waals surface area contributed by atoms with E-state index in [2.05, 4.69) is 10.3 Å². The molecule has 1 aliphatic carbocycles. The van der Waals surface area contributed by atoms with Crippen molar-refractivity contribution >= 4 is 16.8 Å². The van der Waals surface area contributed by atoms with Gasteiger partial charge in [-0.1, -0.05) is 13.8 Å². The minimum Gasteiger partial charge on any atom is -0.378 e. The fourth-order valence-corrected chi connectivity index (χ4v) is 3.38. The summed E-state index contributed by atoms with van der Waals surface area (Å²) >= 11 is 0. The Morgan fingerprint density at radius 2 is 2.04 bits per heavy atom. The van der Waals surface area contributed by atoms with Crippen molar-refractivity contribution in [2.24, 2.45) is 5.41 Å². The van der Waals surface area contributed by atoms with Crippen LogP contribution in [0.15, 0.2) is 29.1 Å². The number of fused-ring (bicyclic) bond motifs is 1. The SMILES string of the molecule is COC1(C)CC(NC(=O)c2cc(=O)[nH]c3cc(F)ccc23)C1(C)C. The number of aromatic nitrogens is 1. The molecule has 2 unspecified atom stereocenters. The molecule has 2 atom stereocenters. The molecule has 0 bridgehead atoms. The molecule has 1 aliphatic rings. The molecule has 0 spiro atoms. The van der Waals surface area contributed by atoms with E-state index in [1.165, 1.54) is 24.3 Å². The number of carbonyl (C=O) groups excluding carboxylic acids is 1. The van der Waals surface area contributed by atoms with Crippen LogP contribution in [-0.2, 0) is 4.74 Å². The predicted octanol–water partition coefficient (Wildman–Crippen LogP) is 2.60. The third-order valence-corrected chi connectivity index (χ3v) is 5.63. The van der Waals surface area contributed by atoms with Gasteiger partial charge < -0.3 is 15.0 Å². The Morgan fingerprint density at radius 3 is 2.67 bits per heavy atom. The minimum absolute atomic E-state index is 0.0651. The first-order chi connectivity index (χ1) is 11.2. The summed E-state index contributed by atoms with van der Waals surface area (Å²) in [7, 11) is 1.67. The van der Waals surface area contributed by atoms with Crippen LogP contribution in [0.5, 0.6) is 0 Å². The number of hydrogen-bond donors (Lipinski definition) is 2. The summed E-state index contributed by atoms with van der Waals surface area (Å²) in [4.78, 5) is 27.0. The maximum atomic E-state index is 13.4. The van der Waals surface area contributed by atoms with E-state index in [0.29, 0.717) is 17.3 Å². The normalized spacial score (nSPS) is 25.3. The molecule has 1 aromatic carbocycles. The second-order valence-electron chi connectivity index (χ2n) is 7.12. The number of benzene rings is 1. The average molecular weight is 332 g/mol. The summed E-state index contributed by atoms with van der Waals surface area (Å²) in [6, 6.07) is 5.16. The van der Waals surface area contributed by atoms with Crippen LogP contribution < -0.4 is 10.9 Å². The summed E-state index contributed by atoms with van der Waals surface area (Å²) in [5.74, 6) is -0.805. The van der Waals surface area contributed by atoms with Crippen LogP contribution in [0.1, 0.15) is 37.6 Å². The summed E-state index contributed by atoms with van der Waals surface area (Å²) in [5, 5.41) is 3.49. The number of ether oxygens (including phenoxy) is 1. The minimum atomic E-state index is -0.466. The van der Waals surface area contributed by atoms with E-state index in [1.807, 2.05) is 20.8 Å². The number of aromatic amines is 1. The van der Waals surface area contributed by atoms with E-state index >= 15 is 0 Å². The number of hydrogen-bond acceptors (Lipinski definition) is 3. The molecule has 2 N–H and O–H groups in total. The monoisotopic (exact) mass is 332 g/mol. The number of methoxy groups -OCH3 is 1. The van der Waals surface area contributed by atoms with Crippen molar-refractivity contribution < 1.29 is 13.9 Å². The molecule has 1 fully saturated rings. The zero-order valence-electron chi connectivity index (χ0n) is 14.2. The second kappa shape index (κ2) is 5.41. The third kappa shape index (κ3) is 2.41. The number of rotatable bonds is 3. The Morgan fingerprint density at radius 1 is 1.33 bits per heavy atom. The maximum absolute atomic E-state index is 13.4. The summed E-state index contributed by atoms with van der Waals surface area (Å²) in [6.45, 7) is 6.09. The van der Waals surface area contributed by atoms with Crippen LogP contribution in [-0.4, -0.2) is 29.6 Å². The first-order valence-electron chi connectivity index (χ1n) is 7.86. The standard InChI is InChI=1S/C18H21FN2O3/c1-17(2)14(9-18(17,3)24-4)21-16(23)12-8-15(22)20-13-7-10(19)5-6-11(12)13/h5-8,14H,9H2,1-4H3,(H,20,22)(H,21,23). The summed E-state index contributed by atoms with van der Waals surface area (Å²) < 4.78 is 18.9. The molecule has 3 rings (SSSR count). The topological polar surface area (TPSA) is 71.2 Å². The number of carbonyl (C=O) groups is 1. The lowest BCUT2D eigenvalue weighted by atomic mass is 9.56. The van der Waals surface area contributed by atoms with Crippen LogP contribution >= 0.6 is 0 Å². The van der Waals surface area contributed by atoms with Gasteiger partial charge in [0.05, 0.1) is 16.7 Å². The molecule has 1 heterocycles. The zero-order chi connectivity index (χ0) is 17.7. The summed E-state index contributed by atoms with van der Waals surface area (Å²) in [6.07, 6.45) is 0.692. The van der Waals surface area contributed by atoms with Crippen molar-refractivity contribution in [3.63, 3.8) is 0 Å². The van der Waals surface area contributed by atoms with E-state index in [4.69, 9.17) is 4.74 Å². The molecule has 1 aromatic heterocycles. The number of pyridine rings is 1. The first kappa shape index (κ1) is 16.6. The Bertz CT molecular complexity index is 874. The molecule has 0 saturated heterocycles. The highest BCUT2D eigenvalue weighted by Gasteiger charge is 2.58. The first-order valence-corrected chi connectivity index (χ1v) is 7.86. The van der Waals surface area contributed by atoms with Gasteiger partial charge in [-0.3, -0.25) is 9.59 Å². The highest BCUT2D eigenvalue weighted by Crippen LogP contribution is 2.51. The molecule has 0 radical (unpaired) electrons. The van der Waals surface area contributed by atoms with Gasteiger partial charge >= 0.3 is 0 Å². The second-order valence-corrected chi connectivity index (χ2v) is 7.12. The van der Waals surface area contributed by atoms with Crippen LogP contribution in [0.2, 0.25) is 0 Å². The van der Waals surface area contributed by atoms with Crippen molar-refractivity contribution in [2.75, 3.05) is 7.11 Å². The number of nitrogens with one attached hydrogen (secondary N) is 2. The molecule has 2 aromatic rings. The smallest absolute Gasteiger partial charge is 0.252 e. The van der Waals surface area contributed by atoms with E-state index in [0.717, 1.165) is 0 Å². The van der Waals surface area contributed by atoms with Gasteiger partial charge in [0, 0.05) is 30.0 Å². The average Bonchev–Trinajstić information content (AvgIpc) is 2.52. The zero-order valence-corrected chi connectivity index (χ0v) is 14.2. The molecule has 0 aliphatic heterocycles. The highest BCUT2D eigenvalue weighted by molar-refractivity contribution is 6.06. The molecular formula is C18H21FN2O3. The van der Waals surface area contributed by atoms with E-state index in [1.54, 1.807) is 7.11 Å². The van der Waals surface area contributed by atoms with Gasteiger partial charge in [-0.2, -0.15) is 0 Å². The maximum Gasteiger partial charge on any atom is 0.252 e. The lowest BCUT2D eigenvalue weighted by molar-refractivity contribution is -0.177. The highest BCUT2D eigenvalue weighted by atomic mass is 19.1. The molecule has 1 saturated carbocycles. The van der Waals surface area contributed by atoms with Gasteiger partial charge in [0.2, 0.25) is 5.56 Å². The molecular weight excluding hydrogens is 311 g/mol. The fourth-order valence-electron chi connectivity index (χ4n) is 3.38. The number of H-pyrrole nitrogens is 1. The van der Waals surface area contributed by atoms with Crippen LogP contribution in [0.4, 0.5) is 4.39 Å². The van der Waals surface area contributed by atoms with Gasteiger partial charge in [0.15, 0.2) is 0 Å². The molecule has 24 heavy (non-hydrogen) atoms. The Hall–Kier alpha value is -2.21. The van der Waals surface area contributed by atoms with Gasteiger partial charge in [-0.05, 0) is 31.5 Å². The van der Waals surface area contributed by atoms with Crippen molar-refractivity contribution in [1.29, 1.82) is 0 Å². The summed E-state index contributed by atoms with van der Waals surface area (Å²) in [5.41, 5.74) is -0.421. The van der Waals surface area contributed by atoms with Crippen molar-refractivity contribution in [3.05, 3.63) is 46.0 Å². The van der Waals surface area contributed by atoms with Gasteiger partial charge in [-0.25, -0.2) is 4.39 Å². The molecule has 5 nitrogen and oxygen atoms in total. The number of amides is 1. The van der Waals surface area contributed by atoms with Crippen molar-refractivity contribution in [2.45, 2.75) is 38.8 Å². The van der Waals surface area contributed by atoms with Crippen molar-refractivity contribution in [3.8, 4) is 0 Å². The van der Waals surface area contributed by atoms with Crippen LogP contribution in [0.25, 0.3) is 10.9 Å². The third-order valence-electron chi connectivity index (χ3n) is 5.63. The lowest BCUT2D eigenvalue weighted by Gasteiger charge is -2.59. The van der Waals surface area contributed by atoms with Crippen LogP contribution in [0, 0.1) is 11.2 Å². The number of halogens is 1. The molecule has 6 heteroatoms. The lowest BCUT2D eigenvalue weighted by Crippen LogP contribution is -2.68. The quantitative estimate of drug-likeness (QED) is 0.907. The molecule has 128 valence electrons. The van der Waals surface area contributed by atoms with Gasteiger partial charge in [0.1, 0.15) is 5.82 Å². The Balaban J connectivity index is 1.92. The van der Waals surface area contributed by atoms with E-state index in [9.17, 15) is 14.0 Å². The van der Waals surface area contributed by atoms with Gasteiger partial charge in [-0.15, -0.1) is 0 Å². The Kier molecular flexibility index (Phi) is 3.75. The van der Waals surface area contributed by atoms with E-state index < -0.39 is 11.4 Å². The fraction of sp³-hybridized carbons (Fsp3) is 0.444. The van der Waals surface area contributed by atoms with Crippen LogP contribution in [0.3, 0.4) is 0 Å².